The van der Waals surface area contributed by atoms with Crippen molar-refractivity contribution in [2.75, 3.05) is 0 Å². The van der Waals surface area contributed by atoms with E-state index in [0.717, 1.165) is 0 Å². The minimum absolute atomic E-state index is 0.0779. The minimum Gasteiger partial charge on any atom is -0.0902 e. The van der Waals surface area contributed by atoms with E-state index in [4.69, 9.17) is 11.1 Å². The van der Waals surface area contributed by atoms with E-state index in [1.54, 1.807) is 0 Å². The highest BCUT2D eigenvalue weighted by Crippen LogP contribution is 2.28. The molecule has 0 aromatic carbocycles. The van der Waals surface area contributed by atoms with Crippen LogP contribution in [0.5, 0.6) is 0 Å². The van der Waals surface area contributed by atoms with Gasteiger partial charge in [-0.3, -0.25) is 0 Å². The molecular weight excluding hydrogens is 120 g/mol. The lowest BCUT2D eigenvalue weighted by atomic mass is 10.7. The SMILES string of the molecule is [N-]=[N+]=N[C@H]1C[C@@H]1N=[N+]=[N-]. The molecule has 0 aromatic heterocycles. The van der Waals surface area contributed by atoms with Crippen molar-refractivity contribution in [2.45, 2.75) is 18.5 Å². The number of hydrogen-bond donors (Lipinski definition) is 0. The Kier molecular flexibility index (Phi) is 1.44. The van der Waals surface area contributed by atoms with Gasteiger partial charge in [0.05, 0.1) is 0 Å². The Bertz CT molecular complexity index is 174. The van der Waals surface area contributed by atoms with Crippen molar-refractivity contribution in [3.63, 3.8) is 0 Å². The highest BCUT2D eigenvalue weighted by Gasteiger charge is 2.34. The zero-order chi connectivity index (χ0) is 6.69. The molecule has 6 nitrogen and oxygen atoms in total. The molecule has 1 rings (SSSR count). The predicted octanol–water partition coefficient (Wildman–Crippen LogP) is 1.75. The van der Waals surface area contributed by atoms with Crippen LogP contribution in [-0.2, 0) is 0 Å². The van der Waals surface area contributed by atoms with Crippen LogP contribution in [0.1, 0.15) is 6.42 Å². The van der Waals surface area contributed by atoms with E-state index >= 15 is 0 Å². The molecule has 0 radical (unpaired) electrons. The van der Waals surface area contributed by atoms with Gasteiger partial charge in [-0.15, -0.1) is 0 Å². The fraction of sp³-hybridized carbons (Fsp3) is 1.00. The lowest BCUT2D eigenvalue weighted by molar-refractivity contribution is 0.940. The fourth-order valence-corrected chi connectivity index (χ4v) is 0.550. The van der Waals surface area contributed by atoms with Crippen LogP contribution >= 0.6 is 0 Å². The summed E-state index contributed by atoms with van der Waals surface area (Å²) >= 11 is 0. The number of hydrogen-bond acceptors (Lipinski definition) is 2. The molecule has 6 heteroatoms. The van der Waals surface area contributed by atoms with Crippen molar-refractivity contribution in [1.29, 1.82) is 0 Å². The second-order valence-corrected chi connectivity index (χ2v) is 1.78. The van der Waals surface area contributed by atoms with Crippen LogP contribution in [0.4, 0.5) is 0 Å². The van der Waals surface area contributed by atoms with Crippen molar-refractivity contribution >= 4 is 0 Å². The van der Waals surface area contributed by atoms with Crippen molar-refractivity contribution in [2.24, 2.45) is 10.2 Å². The summed E-state index contributed by atoms with van der Waals surface area (Å²) in [5, 5.41) is 6.70. The molecule has 0 unspecified atom stereocenters. The molecule has 0 aromatic rings. The maximum atomic E-state index is 7.89. The highest BCUT2D eigenvalue weighted by molar-refractivity contribution is 4.99. The number of azide groups is 2. The van der Waals surface area contributed by atoms with Gasteiger partial charge in [0.25, 0.3) is 0 Å². The Morgan fingerprint density at radius 2 is 1.56 bits per heavy atom. The molecular formula is C3H4N6. The average molecular weight is 124 g/mol. The van der Waals surface area contributed by atoms with Crippen LogP contribution in [0.2, 0.25) is 0 Å². The molecule has 46 valence electrons. The minimum atomic E-state index is -0.0779. The van der Waals surface area contributed by atoms with E-state index in [1.807, 2.05) is 0 Å². The number of rotatable bonds is 2. The van der Waals surface area contributed by atoms with Gasteiger partial charge in [-0.1, -0.05) is 10.2 Å². The summed E-state index contributed by atoms with van der Waals surface area (Å²) in [4.78, 5) is 5.14. The lowest BCUT2D eigenvalue weighted by Gasteiger charge is -1.73. The van der Waals surface area contributed by atoms with Crippen molar-refractivity contribution in [1.82, 2.24) is 0 Å². The lowest BCUT2D eigenvalue weighted by Crippen LogP contribution is -1.79. The topological polar surface area (TPSA) is 97.5 Å². The van der Waals surface area contributed by atoms with Gasteiger partial charge < -0.3 is 0 Å². The van der Waals surface area contributed by atoms with E-state index in [2.05, 4.69) is 20.1 Å². The first-order valence-electron chi connectivity index (χ1n) is 2.47. The predicted molar refractivity (Wildman–Crippen MR) is 30.5 cm³/mol. The summed E-state index contributed by atoms with van der Waals surface area (Å²) in [5.74, 6) is 0. The Morgan fingerprint density at radius 1 is 1.11 bits per heavy atom. The van der Waals surface area contributed by atoms with Gasteiger partial charge in [0, 0.05) is 21.9 Å². The van der Waals surface area contributed by atoms with Crippen molar-refractivity contribution < 1.29 is 0 Å². The van der Waals surface area contributed by atoms with Gasteiger partial charge in [0.1, 0.15) is 0 Å². The quantitative estimate of drug-likeness (QED) is 0.304. The summed E-state index contributed by atoms with van der Waals surface area (Å²) in [6.07, 6.45) is 0.703. The molecule has 0 N–H and O–H groups in total. The van der Waals surface area contributed by atoms with E-state index in [1.165, 1.54) is 0 Å². The molecule has 1 saturated carbocycles. The van der Waals surface area contributed by atoms with Gasteiger partial charge in [-0.2, -0.15) is 0 Å². The number of nitrogens with zero attached hydrogens (tertiary/aromatic N) is 6. The van der Waals surface area contributed by atoms with Crippen LogP contribution in [0.25, 0.3) is 20.9 Å². The summed E-state index contributed by atoms with van der Waals surface area (Å²) < 4.78 is 0. The Labute approximate surface area is 50.7 Å². The van der Waals surface area contributed by atoms with Crippen LogP contribution in [0, 0.1) is 0 Å². The normalized spacial score (nSPS) is 29.8. The zero-order valence-electron chi connectivity index (χ0n) is 4.55. The third-order valence-corrected chi connectivity index (χ3v) is 1.12. The zero-order valence-corrected chi connectivity index (χ0v) is 4.55. The van der Waals surface area contributed by atoms with Crippen LogP contribution < -0.4 is 0 Å². The Morgan fingerprint density at radius 3 is 1.89 bits per heavy atom. The van der Waals surface area contributed by atoms with Crippen molar-refractivity contribution in [3.05, 3.63) is 20.9 Å². The van der Waals surface area contributed by atoms with E-state index in [9.17, 15) is 0 Å². The molecule has 0 amide bonds. The molecule has 0 aliphatic heterocycles. The monoisotopic (exact) mass is 124 g/mol. The molecule has 1 aliphatic rings. The second kappa shape index (κ2) is 2.26. The molecule has 2 atom stereocenters. The first-order valence-corrected chi connectivity index (χ1v) is 2.47. The van der Waals surface area contributed by atoms with Gasteiger partial charge in [0.2, 0.25) is 0 Å². The van der Waals surface area contributed by atoms with Gasteiger partial charge >= 0.3 is 0 Å². The van der Waals surface area contributed by atoms with Gasteiger partial charge in [-0.05, 0) is 17.5 Å². The smallest absolute Gasteiger partial charge is 0.0462 e. The molecule has 1 fully saturated rings. The molecule has 0 saturated heterocycles. The van der Waals surface area contributed by atoms with E-state index in [0.29, 0.717) is 6.42 Å². The highest BCUT2D eigenvalue weighted by atomic mass is 15.2. The summed E-state index contributed by atoms with van der Waals surface area (Å²) in [6.45, 7) is 0. The van der Waals surface area contributed by atoms with Crippen LogP contribution in [0.15, 0.2) is 10.2 Å². The largest absolute Gasteiger partial charge is 0.0902 e. The summed E-state index contributed by atoms with van der Waals surface area (Å²) in [7, 11) is 0. The third kappa shape index (κ3) is 1.25. The Hall–Kier alpha value is -1.38. The molecule has 0 heterocycles. The molecule has 9 heavy (non-hydrogen) atoms. The maximum absolute atomic E-state index is 7.89. The summed E-state index contributed by atoms with van der Waals surface area (Å²) in [6, 6.07) is -0.156. The second-order valence-electron chi connectivity index (χ2n) is 1.78. The van der Waals surface area contributed by atoms with Gasteiger partial charge in [0.15, 0.2) is 0 Å². The first kappa shape index (κ1) is 5.75. The fourth-order valence-electron chi connectivity index (χ4n) is 0.550. The van der Waals surface area contributed by atoms with Crippen molar-refractivity contribution in [3.8, 4) is 0 Å². The molecule has 0 spiro atoms. The Balaban J connectivity index is 2.41. The average Bonchev–Trinajstić information content (AvgIpc) is 2.50. The first-order chi connectivity index (χ1) is 4.38. The van der Waals surface area contributed by atoms with Crippen LogP contribution in [-0.4, -0.2) is 12.1 Å². The third-order valence-electron chi connectivity index (χ3n) is 1.12. The molecule has 0 bridgehead atoms. The standard InChI is InChI=1S/C3H4N6/c4-8-6-2-1-3(2)7-9-5/h2-3H,1H2/t2-,3-/m0/s1. The maximum Gasteiger partial charge on any atom is 0.0462 e. The summed E-state index contributed by atoms with van der Waals surface area (Å²) in [5.41, 5.74) is 15.8. The van der Waals surface area contributed by atoms with E-state index < -0.39 is 0 Å². The van der Waals surface area contributed by atoms with Crippen LogP contribution in [0.3, 0.4) is 0 Å². The van der Waals surface area contributed by atoms with Gasteiger partial charge in [-0.25, -0.2) is 0 Å². The molecule has 1 aliphatic carbocycles. The van der Waals surface area contributed by atoms with E-state index in [-0.39, 0.29) is 12.1 Å².